The number of fused-ring (bicyclic) bond motifs is 3. The summed E-state index contributed by atoms with van der Waals surface area (Å²) >= 11 is 1.83. The quantitative estimate of drug-likeness (QED) is 0.328. The van der Waals surface area contributed by atoms with Gasteiger partial charge in [-0.2, -0.15) is 0 Å². The lowest BCUT2D eigenvalue weighted by molar-refractivity contribution is -0.142. The Morgan fingerprint density at radius 2 is 1.36 bits per heavy atom. The van der Waals surface area contributed by atoms with Gasteiger partial charge in [-0.25, -0.2) is 0 Å². The lowest BCUT2D eigenvalue weighted by atomic mass is 9.70. The first-order valence-corrected chi connectivity index (χ1v) is 12.1. The van der Waals surface area contributed by atoms with E-state index in [0.29, 0.717) is 5.75 Å². The molecule has 33 heavy (non-hydrogen) atoms. The second kappa shape index (κ2) is 8.13. The molecule has 2 heterocycles. The molecular formula is C29H23NO2S. The van der Waals surface area contributed by atoms with E-state index in [1.165, 1.54) is 5.56 Å². The van der Waals surface area contributed by atoms with Crippen molar-refractivity contribution < 1.29 is 9.53 Å². The molecule has 162 valence electrons. The summed E-state index contributed by atoms with van der Waals surface area (Å²) in [6.45, 7) is 0. The minimum atomic E-state index is -0.603. The Bertz CT molecular complexity index is 1280. The molecule has 0 radical (unpaired) electrons. The van der Waals surface area contributed by atoms with Gasteiger partial charge in [-0.05, 0) is 41.8 Å². The number of hydrogen-bond donors (Lipinski definition) is 0. The number of β-lactam (4-membered cyclic amide) rings is 1. The third-order valence-electron chi connectivity index (χ3n) is 6.59. The highest BCUT2D eigenvalue weighted by Crippen LogP contribution is 2.59. The zero-order valence-corrected chi connectivity index (χ0v) is 18.8. The summed E-state index contributed by atoms with van der Waals surface area (Å²) in [5, 5.41) is 0.174. The number of nitrogens with zero attached hydrogens (tertiary/aromatic N) is 1. The summed E-state index contributed by atoms with van der Waals surface area (Å²) in [7, 11) is 0. The van der Waals surface area contributed by atoms with Crippen molar-refractivity contribution in [1.29, 1.82) is 0 Å². The van der Waals surface area contributed by atoms with Crippen LogP contribution in [-0.2, 0) is 10.3 Å². The van der Waals surface area contributed by atoms with Gasteiger partial charge in [0.1, 0.15) is 11.3 Å². The molecular weight excluding hydrogens is 426 g/mol. The summed E-state index contributed by atoms with van der Waals surface area (Å²) < 4.78 is 6.44. The fourth-order valence-corrected chi connectivity index (χ4v) is 6.46. The minimum Gasteiger partial charge on any atom is -0.478 e. The molecule has 1 amide bonds. The number of benzene rings is 4. The molecule has 4 aromatic rings. The average Bonchev–Trinajstić information content (AvgIpc) is 3.02. The van der Waals surface area contributed by atoms with Crippen molar-refractivity contribution in [3.63, 3.8) is 0 Å². The van der Waals surface area contributed by atoms with E-state index in [4.69, 9.17) is 4.74 Å². The van der Waals surface area contributed by atoms with Crippen LogP contribution in [0.1, 0.15) is 22.8 Å². The predicted octanol–water partition coefficient (Wildman–Crippen LogP) is 6.61. The van der Waals surface area contributed by atoms with Crippen molar-refractivity contribution in [2.75, 3.05) is 4.90 Å². The van der Waals surface area contributed by atoms with Gasteiger partial charge in [0, 0.05) is 10.1 Å². The van der Waals surface area contributed by atoms with E-state index < -0.39 is 11.6 Å². The van der Waals surface area contributed by atoms with E-state index in [-0.39, 0.29) is 11.2 Å². The summed E-state index contributed by atoms with van der Waals surface area (Å²) in [5.41, 5.74) is 2.72. The van der Waals surface area contributed by atoms with Crippen LogP contribution in [0.2, 0.25) is 0 Å². The lowest BCUT2D eigenvalue weighted by Gasteiger charge is -2.57. The molecule has 0 aliphatic carbocycles. The highest BCUT2D eigenvalue weighted by molar-refractivity contribution is 7.99. The standard InChI is InChI=1S/C29H23NO2S/c31-28-27(32-23-16-8-3-9-17-23)29(22-14-6-2-7-15-22)20-26(21-12-4-1-5-13-21)33-25-19-11-10-18-24(25)30(28)29/h1-19,26-27H,20H2/t26-,27-,29-/m1/s1. The summed E-state index contributed by atoms with van der Waals surface area (Å²) in [5.74, 6) is 0.719. The number of anilines is 1. The van der Waals surface area contributed by atoms with Crippen LogP contribution in [0.25, 0.3) is 0 Å². The van der Waals surface area contributed by atoms with Gasteiger partial charge >= 0.3 is 0 Å². The van der Waals surface area contributed by atoms with Gasteiger partial charge in [-0.1, -0.05) is 91.0 Å². The normalized spacial score (nSPS) is 23.6. The lowest BCUT2D eigenvalue weighted by Crippen LogP contribution is -2.74. The van der Waals surface area contributed by atoms with Crippen LogP contribution < -0.4 is 9.64 Å². The van der Waals surface area contributed by atoms with E-state index in [9.17, 15) is 4.79 Å². The van der Waals surface area contributed by atoms with E-state index in [1.54, 1.807) is 0 Å². The van der Waals surface area contributed by atoms with Gasteiger partial charge in [0.05, 0.1) is 5.69 Å². The summed E-state index contributed by atoms with van der Waals surface area (Å²) in [6, 6.07) is 38.9. The number of carbonyl (C=O) groups excluding carboxylic acids is 1. The Morgan fingerprint density at radius 1 is 0.758 bits per heavy atom. The van der Waals surface area contributed by atoms with Crippen molar-refractivity contribution in [2.45, 2.75) is 28.2 Å². The average molecular weight is 450 g/mol. The number of hydrogen-bond acceptors (Lipinski definition) is 3. The van der Waals surface area contributed by atoms with Crippen LogP contribution in [0.15, 0.2) is 120 Å². The SMILES string of the molecule is O=C1[C@@H](Oc2ccccc2)[C@]2(c3ccccc3)C[C@H](c3ccccc3)Sc3ccccc3N12. The smallest absolute Gasteiger partial charge is 0.271 e. The van der Waals surface area contributed by atoms with E-state index in [0.717, 1.165) is 22.6 Å². The Morgan fingerprint density at radius 3 is 2.09 bits per heavy atom. The highest BCUT2D eigenvalue weighted by Gasteiger charge is 2.65. The molecule has 0 unspecified atom stereocenters. The van der Waals surface area contributed by atoms with Crippen molar-refractivity contribution in [2.24, 2.45) is 0 Å². The maximum absolute atomic E-state index is 13.7. The second-order valence-electron chi connectivity index (χ2n) is 8.46. The number of thioether (sulfide) groups is 1. The molecule has 4 heteroatoms. The van der Waals surface area contributed by atoms with Gasteiger partial charge in [-0.3, -0.25) is 9.69 Å². The zero-order valence-electron chi connectivity index (χ0n) is 18.0. The predicted molar refractivity (Wildman–Crippen MR) is 133 cm³/mol. The van der Waals surface area contributed by atoms with Gasteiger partial charge in [0.15, 0.2) is 0 Å². The van der Waals surface area contributed by atoms with Crippen LogP contribution >= 0.6 is 11.8 Å². The summed E-state index contributed by atoms with van der Waals surface area (Å²) in [6.07, 6.45) is 0.157. The number of rotatable bonds is 4. The Hall–Kier alpha value is -3.50. The number of carbonyl (C=O) groups is 1. The maximum atomic E-state index is 13.7. The number of para-hydroxylation sites is 2. The molecule has 6 rings (SSSR count). The molecule has 0 aromatic heterocycles. The van der Waals surface area contributed by atoms with Crippen molar-refractivity contribution in [3.8, 4) is 5.75 Å². The third kappa shape index (κ3) is 3.25. The molecule has 2 aliphatic rings. The molecule has 3 atom stereocenters. The van der Waals surface area contributed by atoms with Gasteiger partial charge in [0.2, 0.25) is 6.10 Å². The molecule has 2 aliphatic heterocycles. The van der Waals surface area contributed by atoms with Crippen LogP contribution in [0.3, 0.4) is 0 Å². The van der Waals surface area contributed by atoms with E-state index in [1.807, 2.05) is 83.4 Å². The molecule has 0 bridgehead atoms. The van der Waals surface area contributed by atoms with Gasteiger partial charge < -0.3 is 4.74 Å². The van der Waals surface area contributed by atoms with Crippen LogP contribution in [-0.4, -0.2) is 12.0 Å². The number of ether oxygens (including phenoxy) is 1. The summed E-state index contributed by atoms with van der Waals surface area (Å²) in [4.78, 5) is 16.8. The first-order chi connectivity index (χ1) is 16.3. The van der Waals surface area contributed by atoms with Gasteiger partial charge in [-0.15, -0.1) is 11.8 Å². The first kappa shape index (κ1) is 20.1. The third-order valence-corrected chi connectivity index (χ3v) is 7.91. The van der Waals surface area contributed by atoms with Crippen LogP contribution in [0, 0.1) is 0 Å². The zero-order chi connectivity index (χ0) is 22.3. The topological polar surface area (TPSA) is 29.5 Å². The minimum absolute atomic E-state index is 0.00414. The molecule has 0 N–H and O–H groups in total. The molecule has 4 aromatic carbocycles. The maximum Gasteiger partial charge on any atom is 0.271 e. The van der Waals surface area contributed by atoms with Crippen molar-refractivity contribution in [1.82, 2.24) is 0 Å². The largest absolute Gasteiger partial charge is 0.478 e. The molecule has 0 spiro atoms. The Labute approximate surface area is 198 Å². The fraction of sp³-hybridized carbons (Fsp3) is 0.138. The Balaban J connectivity index is 1.55. The molecule has 1 fully saturated rings. The van der Waals surface area contributed by atoms with Crippen molar-refractivity contribution in [3.05, 3.63) is 126 Å². The molecule has 0 saturated carbocycles. The fourth-order valence-electron chi connectivity index (χ4n) is 5.08. The first-order valence-electron chi connectivity index (χ1n) is 11.2. The van der Waals surface area contributed by atoms with Gasteiger partial charge in [0.25, 0.3) is 5.91 Å². The number of amides is 1. The van der Waals surface area contributed by atoms with Crippen LogP contribution in [0.4, 0.5) is 5.69 Å². The molecule has 1 saturated heterocycles. The highest BCUT2D eigenvalue weighted by atomic mass is 32.2. The monoisotopic (exact) mass is 449 g/mol. The Kier molecular flexibility index (Phi) is 4.96. The van der Waals surface area contributed by atoms with Crippen LogP contribution in [0.5, 0.6) is 5.75 Å². The van der Waals surface area contributed by atoms with E-state index in [2.05, 4.69) is 48.5 Å². The van der Waals surface area contributed by atoms with E-state index >= 15 is 0 Å². The van der Waals surface area contributed by atoms with Crippen molar-refractivity contribution >= 4 is 23.4 Å². The second-order valence-corrected chi connectivity index (χ2v) is 9.71. The molecule has 3 nitrogen and oxygen atoms in total.